The van der Waals surface area contributed by atoms with Gasteiger partial charge in [-0.1, -0.05) is 21.5 Å². The number of benzene rings is 2. The molecule has 0 amide bonds. The van der Waals surface area contributed by atoms with Crippen LogP contribution < -0.4 is 9.82 Å². The number of nitrogens with one attached hydrogen (secondary N) is 1. The normalized spacial score (nSPS) is 28.7. The summed E-state index contributed by atoms with van der Waals surface area (Å²) in [5.41, 5.74) is -3.55. The number of ether oxygens (including phenoxy) is 3. The molecule has 1 fully saturated rings. The third-order valence-corrected chi connectivity index (χ3v) is 8.40. The van der Waals surface area contributed by atoms with Crippen LogP contribution in [-0.2, 0) is 20.7 Å². The molecule has 1 heterocycles. The van der Waals surface area contributed by atoms with Crippen molar-refractivity contribution in [3.8, 4) is 17.2 Å². The number of phenolic OH excluding ortho intramolecular Hbond substituents is 2. The van der Waals surface area contributed by atoms with Crippen LogP contribution in [0.1, 0.15) is 68.8 Å². The van der Waals surface area contributed by atoms with E-state index in [1.807, 2.05) is 0 Å². The van der Waals surface area contributed by atoms with Crippen LogP contribution in [0.5, 0.6) is 17.2 Å². The van der Waals surface area contributed by atoms with Gasteiger partial charge >= 0.3 is 0 Å². The van der Waals surface area contributed by atoms with Crippen LogP contribution in [-0.4, -0.2) is 86.7 Å². The van der Waals surface area contributed by atoms with Crippen molar-refractivity contribution in [2.24, 2.45) is 0 Å². The third-order valence-electron chi connectivity index (χ3n) is 7.97. The number of methoxy groups -OCH3 is 1. The molecule has 1 saturated heterocycles. The van der Waals surface area contributed by atoms with Crippen molar-refractivity contribution in [1.82, 2.24) is 5.09 Å². The topological polar surface area (TPSA) is 192 Å². The van der Waals surface area contributed by atoms with Gasteiger partial charge in [-0.2, -0.15) is 0 Å². The molecule has 1 aliphatic heterocycles. The van der Waals surface area contributed by atoms with Gasteiger partial charge in [-0.15, -0.1) is 12.4 Å². The zero-order valence-corrected chi connectivity index (χ0v) is 24.1. The van der Waals surface area contributed by atoms with Gasteiger partial charge < -0.3 is 39.7 Å². The van der Waals surface area contributed by atoms with Crippen LogP contribution in [0, 0.1) is 0 Å². The number of aliphatic hydroxyl groups is 3. The Hall–Kier alpha value is -2.67. The van der Waals surface area contributed by atoms with Crippen LogP contribution >= 0.6 is 21.8 Å². The number of halogens is 1. The molecule has 222 valence electrons. The molecule has 3 aliphatic rings. The van der Waals surface area contributed by atoms with E-state index in [9.17, 15) is 39.9 Å². The molecule has 0 saturated carbocycles. The average molecular weight is 612 g/mol. The van der Waals surface area contributed by atoms with Crippen LogP contribution in [0.2, 0.25) is 0 Å². The average Bonchev–Trinajstić information content (AvgIpc) is 2.94. The van der Waals surface area contributed by atoms with Gasteiger partial charge in [0.2, 0.25) is 5.78 Å². The Balaban J connectivity index is 0.00000387. The van der Waals surface area contributed by atoms with Gasteiger partial charge in [0, 0.05) is 42.0 Å². The number of aliphatic hydroxyl groups excluding tert-OH is 2. The van der Waals surface area contributed by atoms with E-state index in [0.717, 1.165) is 0 Å². The van der Waals surface area contributed by atoms with Crippen molar-refractivity contribution in [2.45, 2.75) is 62.4 Å². The Labute approximate surface area is 243 Å². The van der Waals surface area contributed by atoms with Gasteiger partial charge in [-0.3, -0.25) is 19.5 Å². The maximum Gasteiger partial charge on any atom is 0.202 e. The van der Waals surface area contributed by atoms with Gasteiger partial charge in [0.1, 0.15) is 29.5 Å². The lowest BCUT2D eigenvalue weighted by Gasteiger charge is -2.42. The summed E-state index contributed by atoms with van der Waals surface area (Å²) in [6, 6.07) is 3.92. The lowest BCUT2D eigenvalue weighted by molar-refractivity contribution is -0.248. The first-order chi connectivity index (χ1) is 19.0. The maximum absolute atomic E-state index is 13.7. The van der Waals surface area contributed by atoms with Gasteiger partial charge in [-0.25, -0.2) is 0 Å². The zero-order chi connectivity index (χ0) is 29.1. The molecular weight excluding hydrogens is 581 g/mol. The number of phenols is 2. The highest BCUT2D eigenvalue weighted by Gasteiger charge is 2.50. The van der Waals surface area contributed by atoms with Gasteiger partial charge in [0.05, 0.1) is 42.1 Å². The molecular formula is C27H31ClNO11P. The molecule has 0 radical (unpaired) electrons. The predicted octanol–water partition coefficient (Wildman–Crippen LogP) is 0.844. The standard InChI is InChI=1S/C27H30NO11P.ClH/c1-10-22(31)13(28-40)6-17(38-10)39-15-8-27(36,16(30)9-29)7-12-19(15)26(35)21-20(24(12)33)23(32)11-4-3-5-14(37-2)18(11)25(21)34;/h3-5,10,13,15,17,22,28-29,31,33,35-36H,6-9,40H2,1-2H3;1H/t10?,13?,15-,17?,22?,27-;/m0./s1. The minimum Gasteiger partial charge on any atom is -0.507 e. The first kappa shape index (κ1) is 31.3. The highest BCUT2D eigenvalue weighted by molar-refractivity contribution is 7.13. The zero-order valence-electron chi connectivity index (χ0n) is 22.1. The van der Waals surface area contributed by atoms with Crippen LogP contribution in [0.3, 0.4) is 0 Å². The molecule has 5 rings (SSSR count). The highest BCUT2D eigenvalue weighted by Crippen LogP contribution is 2.52. The van der Waals surface area contributed by atoms with Crippen molar-refractivity contribution >= 4 is 39.1 Å². The summed E-state index contributed by atoms with van der Waals surface area (Å²) in [7, 11) is 3.63. The second kappa shape index (κ2) is 11.5. The van der Waals surface area contributed by atoms with E-state index in [1.54, 1.807) is 6.92 Å². The van der Waals surface area contributed by atoms with Crippen molar-refractivity contribution in [3.63, 3.8) is 0 Å². The summed E-state index contributed by atoms with van der Waals surface area (Å²) in [6.07, 6.45) is -4.75. The fraction of sp³-hybridized carbons (Fsp3) is 0.444. The number of ketones is 3. The monoisotopic (exact) mass is 611 g/mol. The molecule has 5 unspecified atom stereocenters. The number of hydrogen-bond acceptors (Lipinski definition) is 12. The summed E-state index contributed by atoms with van der Waals surface area (Å²) < 4.78 is 17.2. The van der Waals surface area contributed by atoms with Crippen molar-refractivity contribution in [2.75, 3.05) is 13.7 Å². The first-order valence-corrected chi connectivity index (χ1v) is 13.2. The smallest absolute Gasteiger partial charge is 0.202 e. The highest BCUT2D eigenvalue weighted by atomic mass is 35.5. The Kier molecular flexibility index (Phi) is 8.80. The van der Waals surface area contributed by atoms with E-state index in [-0.39, 0.29) is 46.8 Å². The van der Waals surface area contributed by atoms with Crippen molar-refractivity contribution in [3.05, 3.63) is 51.6 Å². The van der Waals surface area contributed by atoms with E-state index < -0.39 is 95.7 Å². The Bertz CT molecular complexity index is 1420. The van der Waals surface area contributed by atoms with E-state index >= 15 is 0 Å². The van der Waals surface area contributed by atoms with Gasteiger partial charge in [-0.05, 0) is 13.0 Å². The molecule has 14 heteroatoms. The van der Waals surface area contributed by atoms with Crippen molar-refractivity contribution in [1.29, 1.82) is 0 Å². The molecule has 2 aromatic rings. The molecule has 41 heavy (non-hydrogen) atoms. The van der Waals surface area contributed by atoms with Crippen LogP contribution in [0.15, 0.2) is 18.2 Å². The fourth-order valence-electron chi connectivity index (χ4n) is 5.88. The fourth-order valence-corrected chi connectivity index (χ4v) is 6.21. The molecule has 0 aromatic heterocycles. The minimum atomic E-state index is -2.23. The van der Waals surface area contributed by atoms with E-state index in [1.165, 1.54) is 25.3 Å². The quantitative estimate of drug-likeness (QED) is 0.170. The van der Waals surface area contributed by atoms with Crippen LogP contribution in [0.4, 0.5) is 0 Å². The van der Waals surface area contributed by atoms with Gasteiger partial charge in [0.15, 0.2) is 17.9 Å². The molecule has 0 bridgehead atoms. The third kappa shape index (κ3) is 4.92. The number of Topliss-reactive ketones (excluding diaryl/α,β-unsaturated/α-hetero) is 1. The number of fused-ring (bicyclic) bond motifs is 3. The molecule has 6 N–H and O–H groups in total. The van der Waals surface area contributed by atoms with E-state index in [0.29, 0.717) is 0 Å². The molecule has 2 aliphatic carbocycles. The summed E-state index contributed by atoms with van der Waals surface area (Å²) in [5, 5.41) is 57.0. The Morgan fingerprint density at radius 2 is 1.85 bits per heavy atom. The largest absolute Gasteiger partial charge is 0.507 e. The van der Waals surface area contributed by atoms with Gasteiger partial charge in [0.25, 0.3) is 0 Å². The molecule has 7 atom stereocenters. The minimum absolute atomic E-state index is 0. The first-order valence-electron chi connectivity index (χ1n) is 12.7. The van der Waals surface area contributed by atoms with E-state index in [2.05, 4.69) is 14.5 Å². The number of carbonyl (C=O) groups is 3. The number of aromatic hydroxyl groups is 2. The molecule has 0 spiro atoms. The maximum atomic E-state index is 13.7. The van der Waals surface area contributed by atoms with E-state index in [4.69, 9.17) is 14.2 Å². The number of hydrogen-bond donors (Lipinski definition) is 6. The summed E-state index contributed by atoms with van der Waals surface area (Å²) in [5.74, 6) is -3.71. The predicted molar refractivity (Wildman–Crippen MR) is 148 cm³/mol. The summed E-state index contributed by atoms with van der Waals surface area (Å²) >= 11 is 0. The summed E-state index contributed by atoms with van der Waals surface area (Å²) in [6.45, 7) is 0.619. The lowest BCUT2D eigenvalue weighted by Crippen LogP contribution is -2.52. The lowest BCUT2D eigenvalue weighted by atomic mass is 9.72. The number of rotatable bonds is 6. The Morgan fingerprint density at radius 1 is 1.17 bits per heavy atom. The number of carbonyl (C=O) groups excluding carboxylic acids is 3. The molecule has 12 nitrogen and oxygen atoms in total. The van der Waals surface area contributed by atoms with Crippen molar-refractivity contribution < 1.29 is 54.1 Å². The second-order valence-electron chi connectivity index (χ2n) is 10.3. The SMILES string of the molecule is COc1cccc2c1C(=O)c1c(O)c3c(c(O)c1C2=O)C[C@@](O)(C(=O)CO)C[C@@H]3OC1CC(NP)C(O)C(C)O1.Cl. The Morgan fingerprint density at radius 3 is 2.49 bits per heavy atom. The summed E-state index contributed by atoms with van der Waals surface area (Å²) in [4.78, 5) is 39.9. The van der Waals surface area contributed by atoms with Crippen LogP contribution in [0.25, 0.3) is 0 Å². The molecule has 2 aromatic carbocycles. The second-order valence-corrected chi connectivity index (χ2v) is 10.6.